The quantitative estimate of drug-likeness (QED) is 0.609. The molecule has 0 heterocycles. The third kappa shape index (κ3) is 8.42. The number of halogens is 2. The highest BCUT2D eigenvalue weighted by molar-refractivity contribution is 8.31. The maximum Gasteiger partial charge on any atom is 0.317 e. The van der Waals surface area contributed by atoms with Crippen LogP contribution in [0, 0.1) is 0 Å². The molecule has 0 spiro atoms. The number of rotatable bonds is 4. The second kappa shape index (κ2) is 7.87. The van der Waals surface area contributed by atoms with Gasteiger partial charge in [0, 0.05) is 41.1 Å². The van der Waals surface area contributed by atoms with Crippen LogP contribution in [0.15, 0.2) is 41.8 Å². The normalized spacial score (nSPS) is 11.2. The van der Waals surface area contributed by atoms with Crippen LogP contribution >= 0.6 is 21.4 Å². The zero-order chi connectivity index (χ0) is 16.0. The van der Waals surface area contributed by atoms with E-state index in [9.17, 15) is 8.42 Å². The average molecular weight is 360 g/mol. The van der Waals surface area contributed by atoms with E-state index in [1.165, 1.54) is 6.08 Å². The number of sulfone groups is 1. The van der Waals surface area contributed by atoms with E-state index in [4.69, 9.17) is 8.42 Å². The van der Waals surface area contributed by atoms with Crippen molar-refractivity contribution < 1.29 is 16.8 Å². The van der Waals surface area contributed by atoms with E-state index in [0.29, 0.717) is 4.90 Å². The maximum atomic E-state index is 11.7. The monoisotopic (exact) mass is 359 g/mol. The van der Waals surface area contributed by atoms with Crippen LogP contribution in [0.25, 0.3) is 0 Å². The van der Waals surface area contributed by atoms with E-state index >= 15 is 0 Å². The second-order valence-corrected chi connectivity index (χ2v) is 9.54. The van der Waals surface area contributed by atoms with E-state index in [-0.39, 0.29) is 5.75 Å². The van der Waals surface area contributed by atoms with Crippen LogP contribution in [0.3, 0.4) is 0 Å². The molecule has 0 fully saturated rings. The molecule has 0 radical (unpaired) electrons. The molecular weight excluding hydrogens is 345 g/mol. The van der Waals surface area contributed by atoms with Gasteiger partial charge in [-0.25, -0.2) is 8.42 Å². The molecule has 9 heteroatoms. The van der Waals surface area contributed by atoms with E-state index < -0.39 is 18.1 Å². The summed E-state index contributed by atoms with van der Waals surface area (Å²) in [5.74, 6) is -0.0239. The van der Waals surface area contributed by atoms with Crippen LogP contribution < -0.4 is 4.90 Å². The largest absolute Gasteiger partial charge is 0.378 e. The Morgan fingerprint density at radius 3 is 2.10 bits per heavy atom. The van der Waals surface area contributed by atoms with E-state index in [2.05, 4.69) is 27.9 Å². The fourth-order valence-electron chi connectivity index (χ4n) is 1.21. The van der Waals surface area contributed by atoms with Crippen molar-refractivity contribution in [3.63, 3.8) is 0 Å². The summed E-state index contributed by atoms with van der Waals surface area (Å²) in [4.78, 5) is 2.21. The van der Waals surface area contributed by atoms with Gasteiger partial charge in [-0.15, -0.1) is 6.58 Å². The van der Waals surface area contributed by atoms with Gasteiger partial charge in [-0.1, -0.05) is 12.1 Å². The Morgan fingerprint density at radius 1 is 1.20 bits per heavy atom. The fraction of sp³-hybridized carbons (Fsp3) is 0.273. The molecule has 0 bridgehead atoms. The third-order valence-corrected chi connectivity index (χ3v) is 3.68. The van der Waals surface area contributed by atoms with Gasteiger partial charge in [0.15, 0.2) is 9.84 Å². The van der Waals surface area contributed by atoms with Crippen molar-refractivity contribution in [3.8, 4) is 0 Å². The molecule has 0 amide bonds. The molecule has 1 aromatic carbocycles. The highest BCUT2D eigenvalue weighted by Gasteiger charge is 2.12. The van der Waals surface area contributed by atoms with Gasteiger partial charge >= 0.3 is 8.26 Å². The van der Waals surface area contributed by atoms with Crippen LogP contribution in [0.5, 0.6) is 0 Å². The minimum absolute atomic E-state index is 0.0239. The Hall–Kier alpha value is -0.760. The molecule has 1 rings (SSSR count). The number of anilines is 1. The predicted octanol–water partition coefficient (Wildman–Crippen LogP) is 2.42. The molecule has 0 aliphatic carbocycles. The smallest absolute Gasteiger partial charge is 0.317 e. The number of nitrogens with zero attached hydrogens (tertiary/aromatic N) is 1. The molecule has 0 aliphatic heterocycles. The molecule has 5 nitrogen and oxygen atoms in total. The van der Waals surface area contributed by atoms with Gasteiger partial charge in [0.25, 0.3) is 0 Å². The van der Waals surface area contributed by atoms with Gasteiger partial charge in [0.05, 0.1) is 10.6 Å². The van der Waals surface area contributed by atoms with Crippen molar-refractivity contribution in [3.05, 3.63) is 36.9 Å². The summed E-state index contributed by atoms with van der Waals surface area (Å²) >= 11 is 0. The van der Waals surface area contributed by atoms with Crippen molar-refractivity contribution in [1.82, 2.24) is 0 Å². The lowest BCUT2D eigenvalue weighted by Gasteiger charge is -2.13. The predicted molar refractivity (Wildman–Crippen MR) is 83.6 cm³/mol. The standard InChI is InChI=1S/C11H15NO2S.Cl2O2S/c1-4-8-15(13,14)11-7-5-6-10(9-11)12(2)3;1-5(2,3)4/h4-7,9H,1,8H2,2-3H3;. The molecule has 0 atom stereocenters. The Bertz CT molecular complexity index is 647. The van der Waals surface area contributed by atoms with Crippen LogP contribution in [0.4, 0.5) is 5.69 Å². The molecule has 20 heavy (non-hydrogen) atoms. The Kier molecular flexibility index (Phi) is 7.57. The molecule has 0 saturated heterocycles. The number of hydrogen-bond donors (Lipinski definition) is 0. The van der Waals surface area contributed by atoms with Crippen molar-refractivity contribution >= 4 is 45.2 Å². The molecule has 1 aromatic rings. The summed E-state index contributed by atoms with van der Waals surface area (Å²) in [5, 5.41) is 0. The topological polar surface area (TPSA) is 71.5 Å². The summed E-state index contributed by atoms with van der Waals surface area (Å²) < 4.78 is 41.8. The van der Waals surface area contributed by atoms with Gasteiger partial charge in [-0.3, -0.25) is 0 Å². The van der Waals surface area contributed by atoms with Crippen LogP contribution in [-0.4, -0.2) is 36.7 Å². The van der Waals surface area contributed by atoms with E-state index in [1.807, 2.05) is 25.1 Å². The number of benzene rings is 1. The second-order valence-electron chi connectivity index (χ2n) is 3.84. The molecule has 0 unspecified atom stereocenters. The molecule has 0 aromatic heterocycles. The summed E-state index contributed by atoms with van der Waals surface area (Å²) in [5.41, 5.74) is 0.875. The molecule has 0 saturated carbocycles. The highest BCUT2D eigenvalue weighted by Crippen LogP contribution is 2.18. The first-order chi connectivity index (χ1) is 8.97. The van der Waals surface area contributed by atoms with Crippen molar-refractivity contribution in [2.75, 3.05) is 24.7 Å². The van der Waals surface area contributed by atoms with Gasteiger partial charge < -0.3 is 4.90 Å². The summed E-state index contributed by atoms with van der Waals surface area (Å²) in [7, 11) is 5.35. The molecule has 0 aliphatic rings. The van der Waals surface area contributed by atoms with E-state index in [1.54, 1.807) is 18.2 Å². The van der Waals surface area contributed by atoms with Crippen LogP contribution in [0.1, 0.15) is 0 Å². The first kappa shape index (κ1) is 19.2. The van der Waals surface area contributed by atoms with Crippen LogP contribution in [0.2, 0.25) is 0 Å². The highest BCUT2D eigenvalue weighted by atomic mass is 36.0. The first-order valence-electron chi connectivity index (χ1n) is 5.22. The molecule has 0 N–H and O–H groups in total. The maximum absolute atomic E-state index is 11.7. The van der Waals surface area contributed by atoms with Crippen molar-refractivity contribution in [2.45, 2.75) is 4.90 Å². The lowest BCUT2D eigenvalue weighted by Crippen LogP contribution is -2.10. The Balaban J connectivity index is 0.000000621. The summed E-state index contributed by atoms with van der Waals surface area (Å²) in [6, 6.07) is 6.88. The Morgan fingerprint density at radius 2 is 1.70 bits per heavy atom. The lowest BCUT2D eigenvalue weighted by atomic mass is 10.3. The van der Waals surface area contributed by atoms with Gasteiger partial charge in [-0.05, 0) is 18.2 Å². The minimum atomic E-state index is -3.72. The minimum Gasteiger partial charge on any atom is -0.378 e. The third-order valence-electron chi connectivity index (χ3n) is 2.03. The van der Waals surface area contributed by atoms with Crippen molar-refractivity contribution in [2.24, 2.45) is 0 Å². The summed E-state index contributed by atoms with van der Waals surface area (Å²) in [6.07, 6.45) is 1.40. The zero-order valence-electron chi connectivity index (χ0n) is 11.0. The number of hydrogen-bond acceptors (Lipinski definition) is 5. The lowest BCUT2D eigenvalue weighted by molar-refractivity contribution is 0.599. The first-order valence-corrected chi connectivity index (χ1v) is 10.0. The van der Waals surface area contributed by atoms with Gasteiger partial charge in [0.2, 0.25) is 0 Å². The zero-order valence-corrected chi connectivity index (χ0v) is 14.1. The SMILES string of the molecule is C=CCS(=O)(=O)c1cccc(N(C)C)c1.O=S(=O)(Cl)Cl. The van der Waals surface area contributed by atoms with Gasteiger partial charge in [-0.2, -0.15) is 8.42 Å². The van der Waals surface area contributed by atoms with Crippen molar-refractivity contribution in [1.29, 1.82) is 0 Å². The summed E-state index contributed by atoms with van der Waals surface area (Å²) in [6.45, 7) is 3.44. The molecular formula is C11H15Cl2NO4S2. The fourth-order valence-corrected chi connectivity index (χ4v) is 2.30. The average Bonchev–Trinajstić information content (AvgIpc) is 2.27. The van der Waals surface area contributed by atoms with Crippen LogP contribution in [-0.2, 0) is 18.1 Å². The van der Waals surface area contributed by atoms with E-state index in [0.717, 1.165) is 5.69 Å². The Labute approximate surface area is 128 Å². The van der Waals surface area contributed by atoms with Gasteiger partial charge in [0.1, 0.15) is 0 Å². The molecule has 114 valence electrons.